The van der Waals surface area contributed by atoms with Crippen LogP contribution >= 0.6 is 11.3 Å². The van der Waals surface area contributed by atoms with Gasteiger partial charge >= 0.3 is 0 Å². The number of hydrogen-bond donors (Lipinski definition) is 2. The molecule has 158 valence electrons. The van der Waals surface area contributed by atoms with Crippen LogP contribution in [0.15, 0.2) is 42.5 Å². The zero-order valence-corrected chi connectivity index (χ0v) is 18.1. The summed E-state index contributed by atoms with van der Waals surface area (Å²) in [5, 5.41) is 6.20. The third-order valence-electron chi connectivity index (χ3n) is 4.52. The second-order valence-corrected chi connectivity index (χ2v) is 8.54. The molecule has 0 saturated heterocycles. The Bertz CT molecular complexity index is 1060. The van der Waals surface area contributed by atoms with Crippen LogP contribution in [0.1, 0.15) is 41.1 Å². The van der Waals surface area contributed by atoms with Crippen molar-refractivity contribution in [1.29, 1.82) is 0 Å². The summed E-state index contributed by atoms with van der Waals surface area (Å²) in [6.45, 7) is 4.42. The quantitative estimate of drug-likeness (QED) is 0.524. The van der Waals surface area contributed by atoms with Crippen molar-refractivity contribution in [2.24, 2.45) is 5.92 Å². The normalized spacial score (nSPS) is 11.1. The van der Waals surface area contributed by atoms with Crippen molar-refractivity contribution >= 4 is 38.9 Å². The van der Waals surface area contributed by atoms with E-state index in [1.807, 2.05) is 38.1 Å². The summed E-state index contributed by atoms with van der Waals surface area (Å²) in [6.07, 6.45) is 0.450. The fourth-order valence-electron chi connectivity index (χ4n) is 3.24. The van der Waals surface area contributed by atoms with Gasteiger partial charge < -0.3 is 15.4 Å². The van der Waals surface area contributed by atoms with Crippen LogP contribution in [0.3, 0.4) is 0 Å². The van der Waals surface area contributed by atoms with Crippen LogP contribution in [-0.2, 0) is 22.7 Å². The molecule has 0 saturated carbocycles. The molecule has 5 nitrogen and oxygen atoms in total. The molecule has 0 radical (unpaired) electrons. The molecule has 30 heavy (non-hydrogen) atoms. The Labute approximate surface area is 179 Å². The standard InChI is InChI=1S/C23H25FN2O3S/c1-14(2)10-20(27)26-16-7-4-6-15(11-16)12-25-23(28)22-17(13-29-3)21-18(24)8-5-9-19(21)30-22/h4-9,11,14H,10,12-13H2,1-3H3,(H,25,28)(H,26,27). The number of carbonyl (C=O) groups is 2. The molecule has 7 heteroatoms. The molecule has 3 rings (SSSR count). The van der Waals surface area contributed by atoms with E-state index < -0.39 is 0 Å². The molecule has 0 aliphatic heterocycles. The van der Waals surface area contributed by atoms with E-state index in [0.29, 0.717) is 32.6 Å². The lowest BCUT2D eigenvalue weighted by molar-refractivity contribution is -0.116. The Hall–Kier alpha value is -2.77. The van der Waals surface area contributed by atoms with Crippen LogP contribution in [0, 0.1) is 11.7 Å². The van der Waals surface area contributed by atoms with Crippen LogP contribution in [0.5, 0.6) is 0 Å². The van der Waals surface area contributed by atoms with Gasteiger partial charge in [-0.2, -0.15) is 0 Å². The predicted octanol–water partition coefficient (Wildman–Crippen LogP) is 5.10. The third-order valence-corrected chi connectivity index (χ3v) is 5.71. The average molecular weight is 429 g/mol. The highest BCUT2D eigenvalue weighted by Gasteiger charge is 2.20. The molecular formula is C23H25FN2O3S. The number of methoxy groups -OCH3 is 1. The van der Waals surface area contributed by atoms with Crippen LogP contribution in [0.25, 0.3) is 10.1 Å². The van der Waals surface area contributed by atoms with E-state index in [0.717, 1.165) is 5.56 Å². The maximum Gasteiger partial charge on any atom is 0.262 e. The van der Waals surface area contributed by atoms with Crippen molar-refractivity contribution in [3.8, 4) is 0 Å². The first-order chi connectivity index (χ1) is 14.4. The van der Waals surface area contributed by atoms with Crippen molar-refractivity contribution in [2.45, 2.75) is 33.4 Å². The van der Waals surface area contributed by atoms with Gasteiger partial charge in [-0.3, -0.25) is 9.59 Å². The number of hydrogen-bond acceptors (Lipinski definition) is 4. The van der Waals surface area contributed by atoms with Crippen molar-refractivity contribution in [1.82, 2.24) is 5.32 Å². The number of thiophene rings is 1. The summed E-state index contributed by atoms with van der Waals surface area (Å²) in [5.74, 6) is -0.404. The van der Waals surface area contributed by atoms with Crippen molar-refractivity contribution in [3.05, 3.63) is 64.3 Å². The van der Waals surface area contributed by atoms with Gasteiger partial charge in [0.25, 0.3) is 5.91 Å². The molecule has 2 N–H and O–H groups in total. The molecule has 0 atom stereocenters. The minimum atomic E-state index is -0.361. The molecule has 0 aliphatic rings. The van der Waals surface area contributed by atoms with E-state index in [2.05, 4.69) is 10.6 Å². The van der Waals surface area contributed by atoms with Gasteiger partial charge in [0.2, 0.25) is 5.91 Å². The fourth-order valence-corrected chi connectivity index (χ4v) is 4.38. The average Bonchev–Trinajstić information content (AvgIpc) is 3.06. The first-order valence-electron chi connectivity index (χ1n) is 9.74. The van der Waals surface area contributed by atoms with Crippen LogP contribution in [-0.4, -0.2) is 18.9 Å². The Kier molecular flexibility index (Phi) is 7.18. The summed E-state index contributed by atoms with van der Waals surface area (Å²) in [5.41, 5.74) is 2.10. The first kappa shape index (κ1) is 21.9. The van der Waals surface area contributed by atoms with E-state index in [4.69, 9.17) is 4.74 Å². The lowest BCUT2D eigenvalue weighted by atomic mass is 10.1. The number of benzene rings is 2. The van der Waals surface area contributed by atoms with E-state index in [9.17, 15) is 14.0 Å². The highest BCUT2D eigenvalue weighted by atomic mass is 32.1. The molecule has 0 unspecified atom stereocenters. The fraction of sp³-hybridized carbons (Fsp3) is 0.304. The van der Waals surface area contributed by atoms with E-state index in [1.165, 1.54) is 24.5 Å². The lowest BCUT2D eigenvalue weighted by Crippen LogP contribution is -2.23. The van der Waals surface area contributed by atoms with Gasteiger partial charge in [0.15, 0.2) is 0 Å². The number of amides is 2. The zero-order chi connectivity index (χ0) is 21.7. The molecule has 1 heterocycles. The van der Waals surface area contributed by atoms with Gasteiger partial charge in [0.05, 0.1) is 11.5 Å². The monoisotopic (exact) mass is 428 g/mol. The third kappa shape index (κ3) is 5.23. The topological polar surface area (TPSA) is 67.4 Å². The smallest absolute Gasteiger partial charge is 0.262 e. The maximum absolute atomic E-state index is 14.3. The molecule has 2 aromatic carbocycles. The summed E-state index contributed by atoms with van der Waals surface area (Å²) in [6, 6.07) is 12.2. The Morgan fingerprint density at radius 1 is 1.17 bits per heavy atom. The molecule has 0 bridgehead atoms. The van der Waals surface area contributed by atoms with Crippen LogP contribution < -0.4 is 10.6 Å². The highest BCUT2D eigenvalue weighted by molar-refractivity contribution is 7.21. The largest absolute Gasteiger partial charge is 0.380 e. The van der Waals surface area contributed by atoms with Crippen LogP contribution in [0.4, 0.5) is 10.1 Å². The lowest BCUT2D eigenvalue weighted by Gasteiger charge is -2.10. The predicted molar refractivity (Wildman–Crippen MR) is 118 cm³/mol. The molecule has 0 aliphatic carbocycles. The number of nitrogens with one attached hydrogen (secondary N) is 2. The molecular weight excluding hydrogens is 403 g/mol. The number of carbonyl (C=O) groups excluding carboxylic acids is 2. The highest BCUT2D eigenvalue weighted by Crippen LogP contribution is 2.33. The second kappa shape index (κ2) is 9.82. The summed E-state index contributed by atoms with van der Waals surface area (Å²) >= 11 is 1.25. The number of rotatable bonds is 8. The molecule has 0 spiro atoms. The van der Waals surface area contributed by atoms with Crippen LogP contribution in [0.2, 0.25) is 0 Å². The Balaban J connectivity index is 1.73. The van der Waals surface area contributed by atoms with Crippen molar-refractivity contribution < 1.29 is 18.7 Å². The van der Waals surface area contributed by atoms with Gasteiger partial charge in [0, 0.05) is 41.4 Å². The van der Waals surface area contributed by atoms with Gasteiger partial charge in [0.1, 0.15) is 5.82 Å². The van der Waals surface area contributed by atoms with Crippen molar-refractivity contribution in [3.63, 3.8) is 0 Å². The maximum atomic E-state index is 14.3. The van der Waals surface area contributed by atoms with Gasteiger partial charge in [-0.15, -0.1) is 11.3 Å². The number of halogens is 1. The first-order valence-corrected chi connectivity index (χ1v) is 10.6. The number of anilines is 1. The zero-order valence-electron chi connectivity index (χ0n) is 17.3. The van der Waals surface area contributed by atoms with E-state index >= 15 is 0 Å². The van der Waals surface area contributed by atoms with Gasteiger partial charge in [-0.05, 0) is 35.7 Å². The number of fused-ring (bicyclic) bond motifs is 1. The Morgan fingerprint density at radius 3 is 2.67 bits per heavy atom. The van der Waals surface area contributed by atoms with E-state index in [-0.39, 0.29) is 36.7 Å². The second-order valence-electron chi connectivity index (χ2n) is 7.48. The summed E-state index contributed by atoms with van der Waals surface area (Å²) in [7, 11) is 1.52. The van der Waals surface area contributed by atoms with Gasteiger partial charge in [-0.25, -0.2) is 4.39 Å². The SMILES string of the molecule is COCc1c(C(=O)NCc2cccc(NC(=O)CC(C)C)c2)sc2cccc(F)c12. The Morgan fingerprint density at radius 2 is 1.93 bits per heavy atom. The minimum absolute atomic E-state index is 0.0392. The van der Waals surface area contributed by atoms with E-state index in [1.54, 1.807) is 12.1 Å². The molecule has 0 fully saturated rings. The molecule has 2 amide bonds. The molecule has 3 aromatic rings. The minimum Gasteiger partial charge on any atom is -0.380 e. The van der Waals surface area contributed by atoms with Gasteiger partial charge in [-0.1, -0.05) is 32.0 Å². The van der Waals surface area contributed by atoms with Crippen molar-refractivity contribution in [2.75, 3.05) is 12.4 Å². The number of ether oxygens (including phenoxy) is 1. The summed E-state index contributed by atoms with van der Waals surface area (Å²) in [4.78, 5) is 25.2. The molecule has 1 aromatic heterocycles. The summed E-state index contributed by atoms with van der Waals surface area (Å²) < 4.78 is 20.2.